The molecule has 1 N–H and O–H groups in total. The van der Waals surface area contributed by atoms with Crippen molar-refractivity contribution in [2.75, 3.05) is 18.1 Å². The Balaban J connectivity index is 2.38. The first-order valence-corrected chi connectivity index (χ1v) is 6.05. The van der Waals surface area contributed by atoms with Gasteiger partial charge >= 0.3 is 0 Å². The van der Waals surface area contributed by atoms with E-state index in [1.165, 1.54) is 0 Å². The van der Waals surface area contributed by atoms with E-state index >= 15 is 0 Å². The minimum atomic E-state index is 0.143. The van der Waals surface area contributed by atoms with E-state index in [0.29, 0.717) is 11.5 Å². The van der Waals surface area contributed by atoms with E-state index in [0.717, 1.165) is 24.2 Å². The minimum Gasteiger partial charge on any atom is -0.394 e. The van der Waals surface area contributed by atoms with Crippen LogP contribution in [0.4, 0.5) is 5.69 Å². The Hall–Kier alpha value is -1.53. The van der Waals surface area contributed by atoms with Crippen LogP contribution in [0.15, 0.2) is 18.2 Å². The average Bonchev–Trinajstić information content (AvgIpc) is 2.70. The van der Waals surface area contributed by atoms with Crippen LogP contribution in [-0.2, 0) is 0 Å². The molecule has 2 atom stereocenters. The molecule has 1 aromatic rings. The molecule has 1 saturated heterocycles. The summed E-state index contributed by atoms with van der Waals surface area (Å²) in [5, 5.41) is 18.7. The van der Waals surface area contributed by atoms with Gasteiger partial charge in [0.05, 0.1) is 23.9 Å². The van der Waals surface area contributed by atoms with E-state index in [1.807, 2.05) is 25.1 Å². The number of hydrogen-bond donors (Lipinski definition) is 1. The van der Waals surface area contributed by atoms with Crippen LogP contribution in [0.3, 0.4) is 0 Å². The van der Waals surface area contributed by atoms with Gasteiger partial charge in [0.2, 0.25) is 0 Å². The predicted octanol–water partition coefficient (Wildman–Crippen LogP) is 2.07. The van der Waals surface area contributed by atoms with Gasteiger partial charge in [-0.15, -0.1) is 0 Å². The van der Waals surface area contributed by atoms with Gasteiger partial charge in [-0.05, 0) is 37.0 Å². The molecule has 0 saturated carbocycles. The number of aliphatic hydroxyl groups is 1. The Bertz CT molecular complexity index is 450. The van der Waals surface area contributed by atoms with Crippen LogP contribution in [0.1, 0.15) is 24.5 Å². The summed E-state index contributed by atoms with van der Waals surface area (Å²) >= 11 is 0. The Morgan fingerprint density at radius 2 is 2.29 bits per heavy atom. The zero-order chi connectivity index (χ0) is 12.4. The molecule has 2 unspecified atom stereocenters. The van der Waals surface area contributed by atoms with Gasteiger partial charge in [0.15, 0.2) is 0 Å². The number of aliphatic hydroxyl groups excluding tert-OH is 1. The quantitative estimate of drug-likeness (QED) is 0.846. The smallest absolute Gasteiger partial charge is 0.101 e. The number of aryl methyl sites for hydroxylation is 1. The normalized spacial score (nSPS) is 23.8. The van der Waals surface area contributed by atoms with E-state index in [-0.39, 0.29) is 12.6 Å². The molecule has 0 amide bonds. The van der Waals surface area contributed by atoms with Crippen LogP contribution in [0.2, 0.25) is 0 Å². The molecule has 1 aliphatic heterocycles. The van der Waals surface area contributed by atoms with Gasteiger partial charge in [0.1, 0.15) is 6.07 Å². The van der Waals surface area contributed by atoms with Gasteiger partial charge in [-0.25, -0.2) is 0 Å². The summed E-state index contributed by atoms with van der Waals surface area (Å²) < 4.78 is 0. The molecule has 1 heterocycles. The molecule has 1 aliphatic rings. The lowest BCUT2D eigenvalue weighted by Gasteiger charge is -2.28. The maximum Gasteiger partial charge on any atom is 0.101 e. The molecule has 0 aromatic heterocycles. The lowest BCUT2D eigenvalue weighted by Crippen LogP contribution is -2.35. The van der Waals surface area contributed by atoms with Crippen LogP contribution in [0, 0.1) is 24.2 Å². The Labute approximate surface area is 102 Å². The number of rotatable bonds is 2. The van der Waals surface area contributed by atoms with Crippen LogP contribution < -0.4 is 4.90 Å². The highest BCUT2D eigenvalue weighted by Gasteiger charge is 2.31. The minimum absolute atomic E-state index is 0.143. The van der Waals surface area contributed by atoms with E-state index < -0.39 is 0 Å². The summed E-state index contributed by atoms with van der Waals surface area (Å²) in [5.74, 6) is 0.479. The van der Waals surface area contributed by atoms with Crippen LogP contribution in [-0.4, -0.2) is 24.3 Å². The Kier molecular flexibility index (Phi) is 3.35. The maximum atomic E-state index is 9.46. The molecular weight excluding hydrogens is 212 g/mol. The van der Waals surface area contributed by atoms with Gasteiger partial charge < -0.3 is 10.0 Å². The highest BCUT2D eigenvalue weighted by molar-refractivity contribution is 5.61. The maximum absolute atomic E-state index is 9.46. The summed E-state index contributed by atoms with van der Waals surface area (Å²) in [5.41, 5.74) is 2.76. The zero-order valence-corrected chi connectivity index (χ0v) is 10.3. The molecule has 3 nitrogen and oxygen atoms in total. The van der Waals surface area contributed by atoms with Crippen molar-refractivity contribution in [2.45, 2.75) is 26.3 Å². The Morgan fingerprint density at radius 3 is 2.94 bits per heavy atom. The number of nitrogens with zero attached hydrogens (tertiary/aromatic N) is 2. The van der Waals surface area contributed by atoms with E-state index in [1.54, 1.807) is 0 Å². The largest absolute Gasteiger partial charge is 0.394 e. The molecule has 2 rings (SSSR count). The second kappa shape index (κ2) is 4.77. The third kappa shape index (κ3) is 2.13. The number of nitriles is 1. The lowest BCUT2D eigenvalue weighted by molar-refractivity contribution is 0.244. The second-order valence-corrected chi connectivity index (χ2v) is 4.84. The summed E-state index contributed by atoms with van der Waals surface area (Å²) in [6, 6.07) is 8.32. The van der Waals surface area contributed by atoms with Gasteiger partial charge in [0.25, 0.3) is 0 Å². The fraction of sp³-hybridized carbons (Fsp3) is 0.500. The van der Waals surface area contributed by atoms with E-state index in [9.17, 15) is 10.4 Å². The summed E-state index contributed by atoms with van der Waals surface area (Å²) in [6.45, 7) is 5.21. The standard InChI is InChI=1S/C14H18N2O/c1-10-3-4-13(12(7-10)8-15)16-6-5-11(2)14(16)9-17/h3-4,7,11,14,17H,5-6,9H2,1-2H3. The molecule has 1 aromatic carbocycles. The summed E-state index contributed by atoms with van der Waals surface area (Å²) in [6.07, 6.45) is 1.07. The van der Waals surface area contributed by atoms with Gasteiger partial charge in [-0.1, -0.05) is 13.0 Å². The van der Waals surface area contributed by atoms with Gasteiger partial charge in [-0.2, -0.15) is 5.26 Å². The van der Waals surface area contributed by atoms with Crippen LogP contribution in [0.25, 0.3) is 0 Å². The van der Waals surface area contributed by atoms with Crippen molar-refractivity contribution in [3.8, 4) is 6.07 Å². The zero-order valence-electron chi connectivity index (χ0n) is 10.3. The molecule has 0 radical (unpaired) electrons. The van der Waals surface area contributed by atoms with Crippen molar-refractivity contribution in [1.29, 1.82) is 5.26 Å². The third-order valence-corrected chi connectivity index (χ3v) is 3.65. The molecule has 0 aliphatic carbocycles. The number of hydrogen-bond acceptors (Lipinski definition) is 3. The number of anilines is 1. The molecule has 0 spiro atoms. The van der Waals surface area contributed by atoms with Gasteiger partial charge in [-0.3, -0.25) is 0 Å². The average molecular weight is 230 g/mol. The first-order chi connectivity index (χ1) is 8.17. The Morgan fingerprint density at radius 1 is 1.53 bits per heavy atom. The van der Waals surface area contributed by atoms with Crippen molar-refractivity contribution < 1.29 is 5.11 Å². The molecule has 17 heavy (non-hydrogen) atoms. The first-order valence-electron chi connectivity index (χ1n) is 6.05. The van der Waals surface area contributed by atoms with Crippen LogP contribution in [0.5, 0.6) is 0 Å². The van der Waals surface area contributed by atoms with Crippen molar-refractivity contribution in [3.63, 3.8) is 0 Å². The van der Waals surface area contributed by atoms with Crippen molar-refractivity contribution in [1.82, 2.24) is 0 Å². The second-order valence-electron chi connectivity index (χ2n) is 4.84. The molecule has 0 bridgehead atoms. The van der Waals surface area contributed by atoms with Crippen molar-refractivity contribution >= 4 is 5.69 Å². The fourth-order valence-electron chi connectivity index (χ4n) is 2.58. The highest BCUT2D eigenvalue weighted by Crippen LogP contribution is 2.31. The van der Waals surface area contributed by atoms with E-state index in [4.69, 9.17) is 0 Å². The van der Waals surface area contributed by atoms with Gasteiger partial charge in [0, 0.05) is 6.54 Å². The molecular formula is C14H18N2O. The first kappa shape index (κ1) is 11.9. The fourth-order valence-corrected chi connectivity index (χ4v) is 2.58. The van der Waals surface area contributed by atoms with Crippen molar-refractivity contribution in [3.05, 3.63) is 29.3 Å². The monoisotopic (exact) mass is 230 g/mol. The number of benzene rings is 1. The summed E-state index contributed by atoms with van der Waals surface area (Å²) in [7, 11) is 0. The van der Waals surface area contributed by atoms with E-state index in [2.05, 4.69) is 17.9 Å². The van der Waals surface area contributed by atoms with Crippen LogP contribution >= 0.6 is 0 Å². The summed E-state index contributed by atoms with van der Waals surface area (Å²) in [4.78, 5) is 2.17. The lowest BCUT2D eigenvalue weighted by atomic mass is 10.0. The predicted molar refractivity (Wildman–Crippen MR) is 67.9 cm³/mol. The molecule has 3 heteroatoms. The molecule has 1 fully saturated rings. The molecule has 90 valence electrons. The topological polar surface area (TPSA) is 47.3 Å². The van der Waals surface area contributed by atoms with Crippen molar-refractivity contribution in [2.24, 2.45) is 5.92 Å². The SMILES string of the molecule is Cc1ccc(N2CCC(C)C2CO)c(C#N)c1. The third-order valence-electron chi connectivity index (χ3n) is 3.65. The highest BCUT2D eigenvalue weighted by atomic mass is 16.3.